The van der Waals surface area contributed by atoms with Crippen molar-refractivity contribution < 1.29 is 67.5 Å². The van der Waals surface area contributed by atoms with Crippen molar-refractivity contribution in [1.29, 1.82) is 0 Å². The molecule has 2 bridgehead atoms. The number of amidine groups is 1. The van der Waals surface area contributed by atoms with Crippen LogP contribution in [0.3, 0.4) is 0 Å². The predicted molar refractivity (Wildman–Crippen MR) is 254 cm³/mol. The highest BCUT2D eigenvalue weighted by molar-refractivity contribution is 8.00. The van der Waals surface area contributed by atoms with E-state index in [9.17, 15) is 58.2 Å². The van der Waals surface area contributed by atoms with E-state index in [-0.39, 0.29) is 93.7 Å². The Balaban J connectivity index is 0.000000884. The lowest BCUT2D eigenvalue weighted by Crippen LogP contribution is -2.58. The molecule has 2 fully saturated rings. The Kier molecular flexibility index (Phi) is 28.7. The number of amides is 10. The molecule has 3 aliphatic rings. The van der Waals surface area contributed by atoms with Crippen molar-refractivity contribution in [3.63, 3.8) is 0 Å². The molecule has 384 valence electrons. The van der Waals surface area contributed by atoms with E-state index in [0.717, 1.165) is 31.3 Å². The van der Waals surface area contributed by atoms with Gasteiger partial charge < -0.3 is 58.1 Å². The van der Waals surface area contributed by atoms with Crippen molar-refractivity contribution in [3.8, 4) is 5.75 Å². The zero-order valence-electron chi connectivity index (χ0n) is 39.7. The van der Waals surface area contributed by atoms with Crippen molar-refractivity contribution in [2.75, 3.05) is 38.5 Å². The number of aliphatic carboxylic acids is 1. The van der Waals surface area contributed by atoms with Gasteiger partial charge in [-0.05, 0) is 64.2 Å². The molecule has 69 heavy (non-hydrogen) atoms. The number of carboxylic acids is 1. The Morgan fingerprint density at radius 3 is 2.01 bits per heavy atom. The van der Waals surface area contributed by atoms with Gasteiger partial charge >= 0.3 is 11.9 Å². The first-order chi connectivity index (χ1) is 32.8. The molecule has 2 saturated heterocycles. The molecule has 24 nitrogen and oxygen atoms in total. The molecule has 0 spiro atoms. The van der Waals surface area contributed by atoms with Crippen LogP contribution in [0.2, 0.25) is 0 Å². The van der Waals surface area contributed by atoms with Gasteiger partial charge in [-0.1, -0.05) is 25.5 Å². The fraction of sp³-hybridized carbons (Fsp3) is 0.591. The Morgan fingerprint density at radius 2 is 1.51 bits per heavy atom. The number of carbonyl (C=O) groups is 11. The summed E-state index contributed by atoms with van der Waals surface area (Å²) in [6.45, 7) is 10.3. The monoisotopic (exact) mass is 992 g/mol. The SMILES string of the molecule is CCCC1NC(=O)C(Cc2ccc(O)cc2)NC(=O)CCSC(C(=O)O)CC[N+]2=C(N)CC(NC(=O)C(CCC(N)=O)NC1=O)C2=O.CCN(C(=O)CNC=O)C(C)C.NC=O.O=CN1CCCC1. The van der Waals surface area contributed by atoms with Gasteiger partial charge in [-0.25, -0.2) is 4.79 Å². The number of benzene rings is 1. The minimum absolute atomic E-state index is 0.00325. The fourth-order valence-electron chi connectivity index (χ4n) is 7.10. The highest BCUT2D eigenvalue weighted by Gasteiger charge is 2.40. The third-order valence-corrected chi connectivity index (χ3v) is 11.9. The highest BCUT2D eigenvalue weighted by Crippen LogP contribution is 2.19. The number of carbonyl (C=O) groups excluding carboxylic acids is 10. The zero-order chi connectivity index (χ0) is 52.1. The van der Waals surface area contributed by atoms with Crippen LogP contribution in [0.5, 0.6) is 5.75 Å². The number of phenolic OH excluding ortho intramolecular Hbond substituents is 1. The van der Waals surface area contributed by atoms with Gasteiger partial charge in [0.15, 0.2) is 0 Å². The van der Waals surface area contributed by atoms with Crippen LogP contribution < -0.4 is 43.8 Å². The molecular formula is C44H70N11O13S+. The number of aromatic hydroxyl groups is 1. The summed E-state index contributed by atoms with van der Waals surface area (Å²) in [6.07, 6.45) is 4.08. The van der Waals surface area contributed by atoms with Crippen LogP contribution in [-0.4, -0.2) is 171 Å². The molecule has 1 aromatic rings. The average Bonchev–Trinajstić information content (AvgIpc) is 3.92. The number of likely N-dealkylation sites (tertiary alicyclic amines) is 1. The third kappa shape index (κ3) is 22.7. The topological polar surface area (TPSA) is 376 Å². The van der Waals surface area contributed by atoms with E-state index in [1.54, 1.807) is 28.9 Å². The van der Waals surface area contributed by atoms with Crippen molar-refractivity contribution in [1.82, 2.24) is 36.4 Å². The molecule has 25 heteroatoms. The van der Waals surface area contributed by atoms with Crippen LogP contribution in [-0.2, 0) is 59.2 Å². The van der Waals surface area contributed by atoms with Gasteiger partial charge in [-0.2, -0.15) is 4.58 Å². The van der Waals surface area contributed by atoms with Crippen LogP contribution in [0, 0.1) is 0 Å². The Morgan fingerprint density at radius 1 is 0.928 bits per heavy atom. The summed E-state index contributed by atoms with van der Waals surface area (Å²) < 4.78 is 1.20. The summed E-state index contributed by atoms with van der Waals surface area (Å²) in [5, 5.41) is 31.2. The van der Waals surface area contributed by atoms with Gasteiger partial charge in [0, 0.05) is 57.1 Å². The van der Waals surface area contributed by atoms with E-state index < -0.39 is 70.8 Å². The maximum atomic E-state index is 13.6. The molecule has 3 aliphatic heterocycles. The van der Waals surface area contributed by atoms with Crippen molar-refractivity contribution in [2.45, 2.75) is 127 Å². The zero-order valence-corrected chi connectivity index (χ0v) is 40.5. The second kappa shape index (κ2) is 32.8. The van der Waals surface area contributed by atoms with Gasteiger partial charge in [0.25, 0.3) is 5.84 Å². The summed E-state index contributed by atoms with van der Waals surface area (Å²) >= 11 is 0.998. The Bertz CT molecular complexity index is 1930. The quantitative estimate of drug-likeness (QED) is 0.0683. The number of thioether (sulfide) groups is 1. The number of nitrogens with zero attached hydrogens (tertiary/aromatic N) is 3. The lowest BCUT2D eigenvalue weighted by Gasteiger charge is -2.26. The molecule has 10 amide bonds. The first kappa shape index (κ1) is 60.2. The molecule has 4 rings (SSSR count). The standard InChI is InChI=1S/C30H41N7O9S.C8H16N2O2.C5H9NO.CH3NO/c1-2-3-18-26(41)35-19(8-9-24(32)39)27(42)36-21-15-23(31)37(29(21)44)12-10-22(30(45)46)47-13-11-25(40)33-20(28(43)34-18)14-16-4-6-17(38)7-5-16;1-4-10(7(2)3)8(12)5-9-6-11;7-5-6-3-1-2-4-6;2-1-3/h4-7,18-22,31H,2-3,8-15H2,1H3,(H8,32,33,34,35,36,38,39,40,41,42,43,45,46);6-7H,4-5H2,1-3H3,(H,9,11);5H,1-4H2;1H,(H2,2,3)/p+1. The minimum Gasteiger partial charge on any atom is -0.508 e. The number of hydrogen-bond donors (Lipinski definition) is 10. The van der Waals surface area contributed by atoms with Gasteiger partial charge in [-0.15, -0.1) is 11.8 Å². The summed E-state index contributed by atoms with van der Waals surface area (Å²) in [6, 6.07) is 1.52. The third-order valence-electron chi connectivity index (χ3n) is 10.6. The summed E-state index contributed by atoms with van der Waals surface area (Å²) in [5.41, 5.74) is 16.1. The number of phenols is 1. The van der Waals surface area contributed by atoms with Crippen molar-refractivity contribution in [2.24, 2.45) is 17.2 Å². The Labute approximate surface area is 405 Å². The van der Waals surface area contributed by atoms with E-state index in [1.165, 1.54) is 29.5 Å². The maximum absolute atomic E-state index is 13.6. The van der Waals surface area contributed by atoms with Crippen molar-refractivity contribution in [3.05, 3.63) is 29.8 Å². The number of hydrogen-bond acceptors (Lipinski definition) is 14. The van der Waals surface area contributed by atoms with Crippen LogP contribution >= 0.6 is 11.8 Å². The number of carboxylic acid groups (broad SMARTS) is 1. The summed E-state index contributed by atoms with van der Waals surface area (Å²) in [5.74, 6) is -4.98. The molecule has 1 aromatic carbocycles. The van der Waals surface area contributed by atoms with Gasteiger partial charge in [-0.3, -0.25) is 53.7 Å². The van der Waals surface area contributed by atoms with E-state index in [0.29, 0.717) is 24.9 Å². The summed E-state index contributed by atoms with van der Waals surface area (Å²) in [4.78, 5) is 133. The molecule has 0 aromatic heterocycles. The second-order valence-corrected chi connectivity index (χ2v) is 17.5. The molecule has 5 unspecified atom stereocenters. The number of nitrogens with two attached hydrogens (primary N) is 3. The fourth-order valence-corrected chi connectivity index (χ4v) is 8.10. The first-order valence-corrected chi connectivity index (χ1v) is 23.7. The van der Waals surface area contributed by atoms with E-state index in [2.05, 4.69) is 32.3 Å². The number of primary amides is 2. The van der Waals surface area contributed by atoms with Gasteiger partial charge in [0.1, 0.15) is 35.2 Å². The maximum Gasteiger partial charge on any atom is 0.332 e. The number of fused-ring (bicyclic) bond motifs is 2. The first-order valence-electron chi connectivity index (χ1n) is 22.6. The van der Waals surface area contributed by atoms with Gasteiger partial charge in [0.2, 0.25) is 54.7 Å². The lowest BCUT2D eigenvalue weighted by atomic mass is 10.0. The minimum atomic E-state index is -1.31. The van der Waals surface area contributed by atoms with E-state index in [4.69, 9.17) is 16.3 Å². The molecule has 0 radical (unpaired) electrons. The molecule has 3 heterocycles. The van der Waals surface area contributed by atoms with Crippen LogP contribution in [0.25, 0.3) is 0 Å². The number of nitrogens with one attached hydrogen (secondary N) is 5. The van der Waals surface area contributed by atoms with Gasteiger partial charge in [0.05, 0.1) is 19.5 Å². The van der Waals surface area contributed by atoms with Crippen LogP contribution in [0.15, 0.2) is 24.3 Å². The second-order valence-electron chi connectivity index (χ2n) is 16.1. The highest BCUT2D eigenvalue weighted by atomic mass is 32.2. The molecule has 5 atom stereocenters. The van der Waals surface area contributed by atoms with Crippen LogP contribution in [0.1, 0.15) is 91.0 Å². The number of likely N-dealkylation sites (N-methyl/N-ethyl adjacent to an activating group) is 1. The lowest BCUT2D eigenvalue weighted by molar-refractivity contribution is -0.445. The Hall–Kier alpha value is -6.79. The molecule has 0 saturated carbocycles. The number of rotatable bonds is 14. The smallest absolute Gasteiger partial charge is 0.332 e. The van der Waals surface area contributed by atoms with E-state index in [1.807, 2.05) is 20.8 Å². The van der Waals surface area contributed by atoms with Crippen LogP contribution in [0.4, 0.5) is 0 Å². The normalized spacial score (nSPS) is 21.1. The summed E-state index contributed by atoms with van der Waals surface area (Å²) in [7, 11) is 0. The van der Waals surface area contributed by atoms with E-state index >= 15 is 0 Å². The molecular weight excluding hydrogens is 923 g/mol. The van der Waals surface area contributed by atoms with Crippen molar-refractivity contribution >= 4 is 84.1 Å². The largest absolute Gasteiger partial charge is 0.508 e. The average molecular weight is 993 g/mol. The molecule has 13 N–H and O–H groups in total. The predicted octanol–water partition coefficient (Wildman–Crippen LogP) is -2.45. The molecule has 0 aliphatic carbocycles.